The topological polar surface area (TPSA) is 73.9 Å². The fraction of sp³-hybridized carbons (Fsp3) is 0.529. The van der Waals surface area contributed by atoms with Crippen LogP contribution in [-0.2, 0) is 9.53 Å². The van der Waals surface area contributed by atoms with Crippen LogP contribution in [0.25, 0.3) is 0 Å². The monoisotopic (exact) mass is 321 g/mol. The SMILES string of the molecule is COCCCCNC(=O)CCC(=O)c1ccc2c(c1)OCCO2. The van der Waals surface area contributed by atoms with Crippen LogP contribution in [0.15, 0.2) is 18.2 Å². The summed E-state index contributed by atoms with van der Waals surface area (Å²) in [4.78, 5) is 23.9. The Kier molecular flexibility index (Phi) is 6.87. The number of unbranched alkanes of at least 4 members (excludes halogenated alkanes) is 1. The van der Waals surface area contributed by atoms with Crippen molar-refractivity contribution in [3.05, 3.63) is 23.8 Å². The summed E-state index contributed by atoms with van der Waals surface area (Å²) in [5, 5.41) is 2.81. The van der Waals surface area contributed by atoms with Gasteiger partial charge in [-0.15, -0.1) is 0 Å². The van der Waals surface area contributed by atoms with Crippen LogP contribution in [0.1, 0.15) is 36.0 Å². The Hall–Kier alpha value is -2.08. The molecule has 1 aliphatic rings. The number of hydrogen-bond acceptors (Lipinski definition) is 5. The molecule has 1 aliphatic heterocycles. The molecule has 6 heteroatoms. The minimum absolute atomic E-state index is 0.0727. The van der Waals surface area contributed by atoms with Gasteiger partial charge in [0.25, 0.3) is 0 Å². The number of ether oxygens (including phenoxy) is 3. The fourth-order valence-corrected chi connectivity index (χ4v) is 2.28. The highest BCUT2D eigenvalue weighted by atomic mass is 16.6. The van der Waals surface area contributed by atoms with E-state index in [0.717, 1.165) is 12.8 Å². The highest BCUT2D eigenvalue weighted by molar-refractivity contribution is 5.98. The van der Waals surface area contributed by atoms with Gasteiger partial charge in [0.1, 0.15) is 13.2 Å². The van der Waals surface area contributed by atoms with Gasteiger partial charge in [-0.2, -0.15) is 0 Å². The number of fused-ring (bicyclic) bond motifs is 1. The van der Waals surface area contributed by atoms with E-state index in [9.17, 15) is 9.59 Å². The molecule has 0 aromatic heterocycles. The van der Waals surface area contributed by atoms with Crippen molar-refractivity contribution in [1.82, 2.24) is 5.32 Å². The first-order valence-corrected chi connectivity index (χ1v) is 7.89. The van der Waals surface area contributed by atoms with Crippen LogP contribution < -0.4 is 14.8 Å². The summed E-state index contributed by atoms with van der Waals surface area (Å²) in [6.07, 6.45) is 2.16. The Labute approximate surface area is 136 Å². The van der Waals surface area contributed by atoms with Crippen molar-refractivity contribution in [2.45, 2.75) is 25.7 Å². The molecule has 126 valence electrons. The largest absolute Gasteiger partial charge is 0.486 e. The standard InChI is InChI=1S/C17H23NO5/c1-21-9-3-2-8-18-17(20)7-5-14(19)13-4-6-15-16(12-13)23-11-10-22-15/h4,6,12H,2-3,5,7-11H2,1H3,(H,18,20). The average Bonchev–Trinajstić information content (AvgIpc) is 2.59. The van der Waals surface area contributed by atoms with Crippen LogP contribution in [0.5, 0.6) is 11.5 Å². The van der Waals surface area contributed by atoms with E-state index in [1.807, 2.05) is 0 Å². The normalized spacial score (nSPS) is 12.7. The van der Waals surface area contributed by atoms with Crippen molar-refractivity contribution in [3.8, 4) is 11.5 Å². The number of ketones is 1. The Balaban J connectivity index is 1.73. The van der Waals surface area contributed by atoms with E-state index < -0.39 is 0 Å². The Morgan fingerprint density at radius 2 is 1.91 bits per heavy atom. The first-order valence-electron chi connectivity index (χ1n) is 7.89. The van der Waals surface area contributed by atoms with E-state index in [-0.39, 0.29) is 24.5 Å². The number of carbonyl (C=O) groups excluding carboxylic acids is 2. The lowest BCUT2D eigenvalue weighted by molar-refractivity contribution is -0.121. The number of nitrogens with one attached hydrogen (secondary N) is 1. The van der Waals surface area contributed by atoms with E-state index in [0.29, 0.717) is 43.4 Å². The number of carbonyl (C=O) groups is 2. The quantitative estimate of drug-likeness (QED) is 0.556. The van der Waals surface area contributed by atoms with Crippen molar-refractivity contribution in [1.29, 1.82) is 0 Å². The first kappa shape index (κ1) is 17.3. The molecule has 0 bridgehead atoms. The summed E-state index contributed by atoms with van der Waals surface area (Å²) in [5.41, 5.74) is 0.544. The lowest BCUT2D eigenvalue weighted by atomic mass is 10.1. The molecule has 1 aromatic carbocycles. The molecular formula is C17H23NO5. The van der Waals surface area contributed by atoms with Crippen molar-refractivity contribution >= 4 is 11.7 Å². The van der Waals surface area contributed by atoms with E-state index in [2.05, 4.69) is 5.32 Å². The molecule has 0 unspecified atom stereocenters. The second kappa shape index (κ2) is 9.15. The van der Waals surface area contributed by atoms with E-state index in [4.69, 9.17) is 14.2 Å². The molecule has 1 heterocycles. The summed E-state index contributed by atoms with van der Waals surface area (Å²) >= 11 is 0. The third kappa shape index (κ3) is 5.56. The van der Waals surface area contributed by atoms with Crippen LogP contribution >= 0.6 is 0 Å². The van der Waals surface area contributed by atoms with Gasteiger partial charge in [0.05, 0.1) is 0 Å². The smallest absolute Gasteiger partial charge is 0.220 e. The molecule has 0 aliphatic carbocycles. The number of methoxy groups -OCH3 is 1. The molecule has 0 saturated heterocycles. The third-order valence-corrected chi connectivity index (χ3v) is 3.54. The fourth-order valence-electron chi connectivity index (χ4n) is 2.28. The highest BCUT2D eigenvalue weighted by Gasteiger charge is 2.15. The average molecular weight is 321 g/mol. The maximum Gasteiger partial charge on any atom is 0.220 e. The lowest BCUT2D eigenvalue weighted by Gasteiger charge is -2.18. The van der Waals surface area contributed by atoms with Crippen molar-refractivity contribution in [2.75, 3.05) is 33.5 Å². The maximum atomic E-state index is 12.2. The van der Waals surface area contributed by atoms with Crippen LogP contribution in [0.2, 0.25) is 0 Å². The molecule has 2 rings (SSSR count). The minimum Gasteiger partial charge on any atom is -0.486 e. The molecule has 23 heavy (non-hydrogen) atoms. The lowest BCUT2D eigenvalue weighted by Crippen LogP contribution is -2.25. The van der Waals surface area contributed by atoms with Gasteiger partial charge >= 0.3 is 0 Å². The first-order chi connectivity index (χ1) is 11.2. The van der Waals surface area contributed by atoms with Crippen molar-refractivity contribution in [2.24, 2.45) is 0 Å². The summed E-state index contributed by atoms with van der Waals surface area (Å²) in [5.74, 6) is 1.07. The third-order valence-electron chi connectivity index (χ3n) is 3.54. The summed E-state index contributed by atoms with van der Waals surface area (Å²) < 4.78 is 15.8. The van der Waals surface area contributed by atoms with E-state index in [1.165, 1.54) is 0 Å². The van der Waals surface area contributed by atoms with E-state index in [1.54, 1.807) is 25.3 Å². The second-order valence-electron chi connectivity index (χ2n) is 5.33. The molecule has 0 atom stereocenters. The van der Waals surface area contributed by atoms with Crippen LogP contribution in [-0.4, -0.2) is 45.2 Å². The van der Waals surface area contributed by atoms with Crippen LogP contribution in [0.3, 0.4) is 0 Å². The zero-order valence-corrected chi connectivity index (χ0v) is 13.4. The molecule has 1 amide bonds. The van der Waals surface area contributed by atoms with Gasteiger partial charge in [0.2, 0.25) is 5.91 Å². The summed E-state index contributed by atoms with van der Waals surface area (Å²) in [6, 6.07) is 5.12. The van der Waals surface area contributed by atoms with Gasteiger partial charge in [-0.25, -0.2) is 0 Å². The van der Waals surface area contributed by atoms with E-state index >= 15 is 0 Å². The predicted octanol–water partition coefficient (Wildman–Crippen LogP) is 1.96. The Morgan fingerprint density at radius 1 is 1.13 bits per heavy atom. The Morgan fingerprint density at radius 3 is 2.70 bits per heavy atom. The molecule has 6 nitrogen and oxygen atoms in total. The van der Waals surface area contributed by atoms with Gasteiger partial charge < -0.3 is 19.5 Å². The molecule has 0 fully saturated rings. The second-order valence-corrected chi connectivity index (χ2v) is 5.33. The van der Waals surface area contributed by atoms with Gasteiger partial charge in [0, 0.05) is 38.7 Å². The zero-order chi connectivity index (χ0) is 16.5. The summed E-state index contributed by atoms with van der Waals surface area (Å²) in [7, 11) is 1.65. The number of hydrogen-bond donors (Lipinski definition) is 1. The molecule has 0 radical (unpaired) electrons. The molecule has 0 spiro atoms. The number of benzene rings is 1. The maximum absolute atomic E-state index is 12.2. The van der Waals surface area contributed by atoms with Crippen LogP contribution in [0, 0.1) is 0 Å². The molecular weight excluding hydrogens is 298 g/mol. The molecule has 0 saturated carbocycles. The van der Waals surface area contributed by atoms with Gasteiger partial charge in [-0.1, -0.05) is 0 Å². The minimum atomic E-state index is -0.103. The summed E-state index contributed by atoms with van der Waals surface area (Å²) in [6.45, 7) is 2.31. The molecule has 1 aromatic rings. The number of Topliss-reactive ketones (excluding diaryl/α,β-unsaturated/α-hetero) is 1. The van der Waals surface area contributed by atoms with Gasteiger partial charge in [-0.3, -0.25) is 9.59 Å². The number of rotatable bonds is 9. The molecule has 1 N–H and O–H groups in total. The van der Waals surface area contributed by atoms with Crippen molar-refractivity contribution in [3.63, 3.8) is 0 Å². The van der Waals surface area contributed by atoms with Crippen LogP contribution in [0.4, 0.5) is 0 Å². The number of amides is 1. The van der Waals surface area contributed by atoms with Crippen molar-refractivity contribution < 1.29 is 23.8 Å². The van der Waals surface area contributed by atoms with Gasteiger partial charge in [-0.05, 0) is 31.0 Å². The van der Waals surface area contributed by atoms with Gasteiger partial charge in [0.15, 0.2) is 17.3 Å². The highest BCUT2D eigenvalue weighted by Crippen LogP contribution is 2.31. The predicted molar refractivity (Wildman–Crippen MR) is 85.1 cm³/mol. The zero-order valence-electron chi connectivity index (χ0n) is 13.4. The Bertz CT molecular complexity index is 544.